The summed E-state index contributed by atoms with van der Waals surface area (Å²) >= 11 is 3.50. The van der Waals surface area contributed by atoms with Gasteiger partial charge in [-0.25, -0.2) is 9.50 Å². The van der Waals surface area contributed by atoms with Crippen LogP contribution in [0.25, 0.3) is 5.65 Å². The van der Waals surface area contributed by atoms with Gasteiger partial charge in [0.2, 0.25) is 0 Å². The summed E-state index contributed by atoms with van der Waals surface area (Å²) in [6.45, 7) is 7.96. The predicted molar refractivity (Wildman–Crippen MR) is 81.3 cm³/mol. The van der Waals surface area contributed by atoms with Gasteiger partial charge in [-0.2, -0.15) is 0 Å². The second kappa shape index (κ2) is 5.09. The molecular formula is C13H20BrN5. The number of anilines is 1. The van der Waals surface area contributed by atoms with Crippen molar-refractivity contribution in [2.24, 2.45) is 11.1 Å². The van der Waals surface area contributed by atoms with Gasteiger partial charge >= 0.3 is 0 Å². The summed E-state index contributed by atoms with van der Waals surface area (Å²) in [5.74, 6) is 0.920. The maximum atomic E-state index is 5.65. The molecule has 0 spiro atoms. The standard InChI is InChI=1S/C13H20BrN5/c1-13(2,3)8-18(4)11-6-5-10-16-9(7-15)12(14)19(10)17-11/h5-6H,7-8,15H2,1-4H3. The van der Waals surface area contributed by atoms with Gasteiger partial charge in [0.05, 0.1) is 5.69 Å². The number of halogens is 1. The lowest BCUT2D eigenvalue weighted by atomic mass is 9.96. The number of nitrogens with zero attached hydrogens (tertiary/aromatic N) is 4. The summed E-state index contributed by atoms with van der Waals surface area (Å²) in [5, 5.41) is 4.61. The van der Waals surface area contributed by atoms with Crippen LogP contribution in [0.4, 0.5) is 5.82 Å². The van der Waals surface area contributed by atoms with Crippen LogP contribution in [0.15, 0.2) is 16.7 Å². The number of nitrogens with two attached hydrogens (primary N) is 1. The van der Waals surface area contributed by atoms with Crippen molar-refractivity contribution in [1.29, 1.82) is 0 Å². The highest BCUT2D eigenvalue weighted by molar-refractivity contribution is 9.10. The van der Waals surface area contributed by atoms with Crippen LogP contribution in [0.3, 0.4) is 0 Å². The predicted octanol–water partition coefficient (Wildman–Crippen LogP) is 2.43. The van der Waals surface area contributed by atoms with Crippen molar-refractivity contribution in [1.82, 2.24) is 14.6 Å². The molecule has 2 N–H and O–H groups in total. The smallest absolute Gasteiger partial charge is 0.155 e. The van der Waals surface area contributed by atoms with Gasteiger partial charge in [-0.05, 0) is 33.5 Å². The number of imidazole rings is 1. The van der Waals surface area contributed by atoms with Crippen LogP contribution in [0.2, 0.25) is 0 Å². The van der Waals surface area contributed by atoms with E-state index in [1.54, 1.807) is 4.52 Å². The van der Waals surface area contributed by atoms with Crippen LogP contribution in [0.1, 0.15) is 26.5 Å². The molecule has 2 aromatic rings. The Kier molecular flexibility index (Phi) is 3.82. The monoisotopic (exact) mass is 325 g/mol. The topological polar surface area (TPSA) is 59.5 Å². The van der Waals surface area contributed by atoms with E-state index in [2.05, 4.69) is 51.7 Å². The van der Waals surface area contributed by atoms with E-state index in [4.69, 9.17) is 5.73 Å². The van der Waals surface area contributed by atoms with E-state index in [0.717, 1.165) is 28.3 Å². The van der Waals surface area contributed by atoms with E-state index in [1.165, 1.54) is 0 Å². The molecule has 19 heavy (non-hydrogen) atoms. The molecule has 0 bridgehead atoms. The highest BCUT2D eigenvalue weighted by Gasteiger charge is 2.16. The zero-order valence-electron chi connectivity index (χ0n) is 11.8. The largest absolute Gasteiger partial charge is 0.358 e. The second-order valence-electron chi connectivity index (χ2n) is 5.93. The third-order valence-corrected chi connectivity index (χ3v) is 3.56. The number of fused-ring (bicyclic) bond motifs is 1. The first-order valence-electron chi connectivity index (χ1n) is 6.27. The minimum absolute atomic E-state index is 0.222. The molecule has 6 heteroatoms. The van der Waals surface area contributed by atoms with Crippen molar-refractivity contribution in [2.45, 2.75) is 27.3 Å². The van der Waals surface area contributed by atoms with Crippen molar-refractivity contribution in [3.63, 3.8) is 0 Å². The van der Waals surface area contributed by atoms with E-state index < -0.39 is 0 Å². The molecule has 0 saturated carbocycles. The molecule has 0 aliphatic carbocycles. The van der Waals surface area contributed by atoms with Crippen molar-refractivity contribution >= 4 is 27.4 Å². The maximum absolute atomic E-state index is 5.65. The fourth-order valence-electron chi connectivity index (χ4n) is 2.07. The zero-order chi connectivity index (χ0) is 14.2. The van der Waals surface area contributed by atoms with Crippen molar-refractivity contribution in [2.75, 3.05) is 18.5 Å². The molecule has 5 nitrogen and oxygen atoms in total. The minimum atomic E-state index is 0.222. The van der Waals surface area contributed by atoms with Crippen LogP contribution in [-0.2, 0) is 6.54 Å². The number of rotatable bonds is 3. The normalized spacial score (nSPS) is 12.1. The highest BCUT2D eigenvalue weighted by atomic mass is 79.9. The fraction of sp³-hybridized carbons (Fsp3) is 0.538. The molecule has 0 radical (unpaired) electrons. The van der Waals surface area contributed by atoms with Gasteiger partial charge in [0, 0.05) is 20.1 Å². The molecule has 0 aromatic carbocycles. The van der Waals surface area contributed by atoms with Gasteiger partial charge in [-0.3, -0.25) is 0 Å². The zero-order valence-corrected chi connectivity index (χ0v) is 13.4. The third-order valence-electron chi connectivity index (χ3n) is 2.77. The van der Waals surface area contributed by atoms with Gasteiger partial charge in [0.25, 0.3) is 0 Å². The van der Waals surface area contributed by atoms with Gasteiger partial charge in [-0.1, -0.05) is 20.8 Å². The Morgan fingerprint density at radius 1 is 1.37 bits per heavy atom. The fourth-order valence-corrected chi connectivity index (χ4v) is 2.58. The van der Waals surface area contributed by atoms with Crippen molar-refractivity contribution < 1.29 is 0 Å². The molecule has 0 amide bonds. The van der Waals surface area contributed by atoms with Crippen molar-refractivity contribution in [3.8, 4) is 0 Å². The maximum Gasteiger partial charge on any atom is 0.155 e. The Morgan fingerprint density at radius 2 is 2.05 bits per heavy atom. The molecule has 2 heterocycles. The van der Waals surface area contributed by atoms with E-state index >= 15 is 0 Å². The summed E-state index contributed by atoms with van der Waals surface area (Å²) in [6.07, 6.45) is 0. The summed E-state index contributed by atoms with van der Waals surface area (Å²) in [5.41, 5.74) is 7.50. The lowest BCUT2D eigenvalue weighted by Gasteiger charge is -2.27. The van der Waals surface area contributed by atoms with Crippen molar-refractivity contribution in [3.05, 3.63) is 22.4 Å². The summed E-state index contributed by atoms with van der Waals surface area (Å²) in [4.78, 5) is 6.56. The van der Waals surface area contributed by atoms with Gasteiger partial charge in [0.15, 0.2) is 5.65 Å². The molecular weight excluding hydrogens is 306 g/mol. The molecule has 0 aliphatic rings. The van der Waals surface area contributed by atoms with E-state index in [0.29, 0.717) is 6.54 Å². The first-order chi connectivity index (χ1) is 8.81. The number of hydrogen-bond acceptors (Lipinski definition) is 4. The summed E-state index contributed by atoms with van der Waals surface area (Å²) < 4.78 is 2.62. The molecule has 104 valence electrons. The third kappa shape index (κ3) is 3.06. The second-order valence-corrected chi connectivity index (χ2v) is 6.68. The van der Waals surface area contributed by atoms with E-state index in [-0.39, 0.29) is 5.41 Å². The SMILES string of the molecule is CN(CC(C)(C)C)c1ccc2nc(CN)c(Br)n2n1. The Labute approximate surface area is 121 Å². The average molecular weight is 326 g/mol. The Hall–Kier alpha value is -1.14. The Balaban J connectivity index is 2.38. The average Bonchev–Trinajstić information content (AvgIpc) is 2.63. The summed E-state index contributed by atoms with van der Waals surface area (Å²) in [7, 11) is 2.05. The summed E-state index contributed by atoms with van der Waals surface area (Å²) in [6, 6.07) is 3.95. The molecule has 0 unspecified atom stereocenters. The number of aromatic nitrogens is 3. The Bertz CT molecular complexity index is 584. The van der Waals surface area contributed by atoms with E-state index in [9.17, 15) is 0 Å². The Morgan fingerprint density at radius 3 is 2.63 bits per heavy atom. The molecule has 2 rings (SSSR count). The molecule has 2 aromatic heterocycles. The lowest BCUT2D eigenvalue weighted by molar-refractivity contribution is 0.417. The van der Waals surface area contributed by atoms with Gasteiger partial charge in [0.1, 0.15) is 10.4 Å². The van der Waals surface area contributed by atoms with Crippen LogP contribution in [0.5, 0.6) is 0 Å². The molecule has 0 aliphatic heterocycles. The number of hydrogen-bond donors (Lipinski definition) is 1. The molecule has 0 fully saturated rings. The van der Waals surface area contributed by atoms with Gasteiger partial charge in [-0.15, -0.1) is 5.10 Å². The van der Waals surface area contributed by atoms with E-state index in [1.807, 2.05) is 19.2 Å². The van der Waals surface area contributed by atoms with Crippen LogP contribution in [-0.4, -0.2) is 28.2 Å². The lowest BCUT2D eigenvalue weighted by Crippen LogP contribution is -2.30. The first kappa shape index (κ1) is 14.3. The van der Waals surface area contributed by atoms with Crippen LogP contribution < -0.4 is 10.6 Å². The minimum Gasteiger partial charge on any atom is -0.358 e. The molecule has 0 saturated heterocycles. The highest BCUT2D eigenvalue weighted by Crippen LogP contribution is 2.22. The quantitative estimate of drug-likeness (QED) is 0.941. The molecule has 0 atom stereocenters. The van der Waals surface area contributed by atoms with Crippen LogP contribution in [0, 0.1) is 5.41 Å². The van der Waals surface area contributed by atoms with Crippen LogP contribution >= 0.6 is 15.9 Å². The van der Waals surface area contributed by atoms with Gasteiger partial charge < -0.3 is 10.6 Å². The first-order valence-corrected chi connectivity index (χ1v) is 7.06.